The number of nitrogens with zero attached hydrogens (tertiary/aromatic N) is 3. The molecule has 1 amide bonds. The van der Waals surface area contributed by atoms with Gasteiger partial charge in [-0.25, -0.2) is 4.99 Å². The van der Waals surface area contributed by atoms with Gasteiger partial charge in [0, 0.05) is 17.1 Å². The van der Waals surface area contributed by atoms with Crippen LogP contribution in [-0.4, -0.2) is 16.0 Å². The largest absolute Gasteiger partial charge is 0.436 e. The predicted octanol–water partition coefficient (Wildman–Crippen LogP) is 1.83. The van der Waals surface area contributed by atoms with Gasteiger partial charge in [-0.05, 0) is 37.3 Å². The van der Waals surface area contributed by atoms with Crippen molar-refractivity contribution in [2.45, 2.75) is 13.5 Å². The number of aliphatic hydroxyl groups excluding tert-OH is 1. The summed E-state index contributed by atoms with van der Waals surface area (Å²) >= 11 is 0. The molecular formula is C18H14N4O3. The molecule has 0 aliphatic heterocycles. The molecule has 0 aliphatic carbocycles. The highest BCUT2D eigenvalue weighted by Crippen LogP contribution is 2.21. The standard InChI is InChI=1S/C18H14N4O3/c1-10-16-14(12(9-23)8-21-10)6-15(17(20)24)18(25-16)22-13-4-2-11(7-19)3-5-13/h2-6,8,23H,9H2,1H3,(H2,20,24). The highest BCUT2D eigenvalue weighted by Gasteiger charge is 2.14. The van der Waals surface area contributed by atoms with Crippen molar-refractivity contribution in [3.05, 3.63) is 64.5 Å². The fourth-order valence-corrected chi connectivity index (χ4v) is 2.40. The number of fused-ring (bicyclic) bond motifs is 1. The smallest absolute Gasteiger partial charge is 0.254 e. The molecule has 2 heterocycles. The van der Waals surface area contributed by atoms with Crippen molar-refractivity contribution in [2.75, 3.05) is 0 Å². The van der Waals surface area contributed by atoms with E-state index in [0.29, 0.717) is 33.5 Å². The van der Waals surface area contributed by atoms with Crippen LogP contribution in [0.2, 0.25) is 0 Å². The Morgan fingerprint density at radius 1 is 1.40 bits per heavy atom. The number of aryl methyl sites for hydroxylation is 1. The first-order chi connectivity index (χ1) is 12.0. The lowest BCUT2D eigenvalue weighted by molar-refractivity contribution is 0.0996. The Labute approximate surface area is 142 Å². The molecule has 25 heavy (non-hydrogen) atoms. The average Bonchev–Trinajstić information content (AvgIpc) is 2.62. The van der Waals surface area contributed by atoms with Crippen molar-refractivity contribution in [1.29, 1.82) is 5.26 Å². The number of hydrogen-bond donors (Lipinski definition) is 2. The topological polar surface area (TPSA) is 126 Å². The number of nitrogens with two attached hydrogens (primary N) is 1. The molecule has 3 aromatic rings. The monoisotopic (exact) mass is 334 g/mol. The van der Waals surface area contributed by atoms with Gasteiger partial charge in [0.1, 0.15) is 5.56 Å². The molecule has 0 fully saturated rings. The summed E-state index contributed by atoms with van der Waals surface area (Å²) in [6.07, 6.45) is 1.52. The maximum Gasteiger partial charge on any atom is 0.254 e. The van der Waals surface area contributed by atoms with Crippen LogP contribution < -0.4 is 11.3 Å². The molecule has 124 valence electrons. The van der Waals surface area contributed by atoms with E-state index < -0.39 is 5.91 Å². The molecule has 1 aromatic carbocycles. The van der Waals surface area contributed by atoms with Gasteiger partial charge in [0.25, 0.3) is 5.91 Å². The average molecular weight is 334 g/mol. The van der Waals surface area contributed by atoms with Crippen LogP contribution in [0.1, 0.15) is 27.2 Å². The number of benzene rings is 1. The van der Waals surface area contributed by atoms with Crippen LogP contribution in [0.5, 0.6) is 0 Å². The van der Waals surface area contributed by atoms with E-state index in [-0.39, 0.29) is 17.7 Å². The first kappa shape index (κ1) is 16.4. The molecule has 3 N–H and O–H groups in total. The Bertz CT molecular complexity index is 1080. The number of aliphatic hydroxyl groups is 1. The number of aromatic nitrogens is 1. The van der Waals surface area contributed by atoms with Gasteiger partial charge in [0.2, 0.25) is 5.55 Å². The van der Waals surface area contributed by atoms with Crippen LogP contribution in [0.4, 0.5) is 5.69 Å². The maximum atomic E-state index is 11.8. The van der Waals surface area contributed by atoms with Crippen molar-refractivity contribution in [1.82, 2.24) is 4.98 Å². The van der Waals surface area contributed by atoms with E-state index in [9.17, 15) is 9.90 Å². The Kier molecular flexibility index (Phi) is 4.29. The van der Waals surface area contributed by atoms with Crippen molar-refractivity contribution in [2.24, 2.45) is 10.7 Å². The molecular weight excluding hydrogens is 320 g/mol. The zero-order chi connectivity index (χ0) is 18.0. The molecule has 0 spiro atoms. The lowest BCUT2D eigenvalue weighted by Crippen LogP contribution is -2.22. The molecule has 0 saturated carbocycles. The van der Waals surface area contributed by atoms with Crippen LogP contribution in [-0.2, 0) is 6.61 Å². The van der Waals surface area contributed by atoms with Gasteiger partial charge in [0.15, 0.2) is 5.58 Å². The number of pyridine rings is 1. The molecule has 0 atom stereocenters. The minimum Gasteiger partial charge on any atom is -0.436 e. The second-order valence-corrected chi connectivity index (χ2v) is 5.37. The fourth-order valence-electron chi connectivity index (χ4n) is 2.40. The van der Waals surface area contributed by atoms with E-state index in [1.165, 1.54) is 6.20 Å². The maximum absolute atomic E-state index is 11.8. The highest BCUT2D eigenvalue weighted by molar-refractivity contribution is 5.96. The van der Waals surface area contributed by atoms with Crippen LogP contribution in [0.15, 0.2) is 45.9 Å². The van der Waals surface area contributed by atoms with Crippen LogP contribution in [0, 0.1) is 18.3 Å². The lowest BCUT2D eigenvalue weighted by Gasteiger charge is -2.07. The number of carbonyl (C=O) groups is 1. The molecule has 7 nitrogen and oxygen atoms in total. The first-order valence-corrected chi connectivity index (χ1v) is 7.41. The predicted molar refractivity (Wildman–Crippen MR) is 89.6 cm³/mol. The molecule has 0 aliphatic rings. The van der Waals surface area contributed by atoms with Gasteiger partial charge >= 0.3 is 0 Å². The molecule has 2 aromatic heterocycles. The van der Waals surface area contributed by atoms with Gasteiger partial charge in [-0.3, -0.25) is 9.78 Å². The SMILES string of the molecule is Cc1ncc(CO)c2cc(C(N)=O)c(=Nc3ccc(C#N)cc3)oc12. The normalized spacial score (nSPS) is 11.5. The quantitative estimate of drug-likeness (QED) is 0.756. The summed E-state index contributed by atoms with van der Waals surface area (Å²) in [5.74, 6) is -0.698. The summed E-state index contributed by atoms with van der Waals surface area (Å²) in [5.41, 5.74) is 8.14. The minimum absolute atomic E-state index is 0.0460. The van der Waals surface area contributed by atoms with E-state index in [1.54, 1.807) is 37.3 Å². The second kappa shape index (κ2) is 6.55. The Morgan fingerprint density at radius 3 is 2.72 bits per heavy atom. The zero-order valence-corrected chi connectivity index (χ0v) is 13.4. The van der Waals surface area contributed by atoms with E-state index in [0.717, 1.165) is 0 Å². The summed E-state index contributed by atoms with van der Waals surface area (Å²) in [5, 5.41) is 18.9. The molecule has 3 rings (SSSR count). The summed E-state index contributed by atoms with van der Waals surface area (Å²) in [6.45, 7) is 1.51. The van der Waals surface area contributed by atoms with Crippen molar-refractivity contribution >= 4 is 22.6 Å². The molecule has 0 saturated heterocycles. The number of rotatable bonds is 3. The number of amides is 1. The van der Waals surface area contributed by atoms with Gasteiger partial charge in [-0.2, -0.15) is 5.26 Å². The Morgan fingerprint density at radius 2 is 2.12 bits per heavy atom. The lowest BCUT2D eigenvalue weighted by atomic mass is 10.1. The third kappa shape index (κ3) is 3.11. The van der Waals surface area contributed by atoms with Crippen LogP contribution >= 0.6 is 0 Å². The summed E-state index contributed by atoms with van der Waals surface area (Å²) in [4.78, 5) is 20.3. The Hall–Kier alpha value is -3.50. The number of primary amides is 1. The summed E-state index contributed by atoms with van der Waals surface area (Å²) in [6, 6.07) is 10.1. The fraction of sp³-hybridized carbons (Fsp3) is 0.111. The summed E-state index contributed by atoms with van der Waals surface area (Å²) < 4.78 is 5.78. The molecule has 0 unspecified atom stereocenters. The molecule has 0 radical (unpaired) electrons. The van der Waals surface area contributed by atoms with Gasteiger partial charge < -0.3 is 15.3 Å². The van der Waals surface area contributed by atoms with Crippen molar-refractivity contribution in [3.63, 3.8) is 0 Å². The Balaban J connectivity index is 2.31. The zero-order valence-electron chi connectivity index (χ0n) is 13.4. The summed E-state index contributed by atoms with van der Waals surface area (Å²) in [7, 11) is 0. The van der Waals surface area contributed by atoms with E-state index in [4.69, 9.17) is 15.4 Å². The van der Waals surface area contributed by atoms with Gasteiger partial charge in [-0.15, -0.1) is 0 Å². The third-order valence-electron chi connectivity index (χ3n) is 3.71. The van der Waals surface area contributed by atoms with Crippen LogP contribution in [0.3, 0.4) is 0 Å². The third-order valence-corrected chi connectivity index (χ3v) is 3.71. The molecule has 0 bridgehead atoms. The highest BCUT2D eigenvalue weighted by atomic mass is 16.3. The molecule has 7 heteroatoms. The van der Waals surface area contributed by atoms with E-state index in [1.807, 2.05) is 6.07 Å². The number of carbonyl (C=O) groups excluding carboxylic acids is 1. The minimum atomic E-state index is -0.698. The number of hydrogen-bond acceptors (Lipinski definition) is 6. The van der Waals surface area contributed by atoms with E-state index >= 15 is 0 Å². The van der Waals surface area contributed by atoms with E-state index in [2.05, 4.69) is 9.98 Å². The van der Waals surface area contributed by atoms with Gasteiger partial charge in [-0.1, -0.05) is 0 Å². The second-order valence-electron chi connectivity index (χ2n) is 5.37. The first-order valence-electron chi connectivity index (χ1n) is 7.41. The van der Waals surface area contributed by atoms with Crippen molar-refractivity contribution < 1.29 is 14.3 Å². The van der Waals surface area contributed by atoms with Crippen LogP contribution in [0.25, 0.3) is 11.0 Å². The number of nitriles is 1. The van der Waals surface area contributed by atoms with Gasteiger partial charge in [0.05, 0.1) is 29.6 Å². The van der Waals surface area contributed by atoms with Crippen molar-refractivity contribution in [3.8, 4) is 6.07 Å².